The van der Waals surface area contributed by atoms with Crippen molar-refractivity contribution in [2.24, 2.45) is 11.3 Å². The molecule has 2 atom stereocenters. The van der Waals surface area contributed by atoms with Gasteiger partial charge in [-0.3, -0.25) is 9.59 Å². The number of carbonyl (C=O) groups is 2. The Kier molecular flexibility index (Phi) is 4.54. The Balaban J connectivity index is 1.68. The maximum atomic E-state index is 13.3. The molecule has 28 heavy (non-hydrogen) atoms. The van der Waals surface area contributed by atoms with Crippen molar-refractivity contribution in [3.05, 3.63) is 52.8 Å². The van der Waals surface area contributed by atoms with Crippen LogP contribution in [-0.4, -0.2) is 52.8 Å². The highest BCUT2D eigenvalue weighted by atomic mass is 16.5. The van der Waals surface area contributed by atoms with Gasteiger partial charge in [-0.2, -0.15) is 0 Å². The van der Waals surface area contributed by atoms with Gasteiger partial charge < -0.3 is 19.3 Å². The summed E-state index contributed by atoms with van der Waals surface area (Å²) in [5.74, 6) is -1.06. The van der Waals surface area contributed by atoms with E-state index in [0.29, 0.717) is 31.7 Å². The maximum absolute atomic E-state index is 13.3. The number of carbonyl (C=O) groups excluding carboxylic acids is 1. The fourth-order valence-corrected chi connectivity index (χ4v) is 4.79. The van der Waals surface area contributed by atoms with E-state index in [9.17, 15) is 14.7 Å². The average molecular weight is 382 g/mol. The van der Waals surface area contributed by atoms with Crippen molar-refractivity contribution in [2.45, 2.75) is 27.2 Å². The molecule has 1 aromatic carbocycles. The second kappa shape index (κ2) is 6.78. The summed E-state index contributed by atoms with van der Waals surface area (Å²) in [6.07, 6.45) is 0.457. The van der Waals surface area contributed by atoms with Crippen LogP contribution in [-0.2, 0) is 9.53 Å². The number of hydrogen-bond donors (Lipinski definition) is 1. The second-order valence-electron chi connectivity index (χ2n) is 8.08. The molecule has 3 heterocycles. The first-order valence-electron chi connectivity index (χ1n) is 9.70. The largest absolute Gasteiger partial charge is 0.481 e. The van der Waals surface area contributed by atoms with E-state index in [0.717, 1.165) is 22.6 Å². The SMILES string of the molecule is Cc1ccccc1-n1c(C)cc(C(=O)N2C[C@H]3COCC[C@@]3(C(=O)O)C2)c1C. The molecule has 1 N–H and O–H groups in total. The minimum absolute atomic E-state index is 0.0945. The third-order valence-corrected chi connectivity index (χ3v) is 6.44. The van der Waals surface area contributed by atoms with E-state index >= 15 is 0 Å². The lowest BCUT2D eigenvalue weighted by Gasteiger charge is -2.33. The first-order valence-corrected chi connectivity index (χ1v) is 9.70. The van der Waals surface area contributed by atoms with Crippen molar-refractivity contribution >= 4 is 11.9 Å². The lowest BCUT2D eigenvalue weighted by Crippen LogP contribution is -2.45. The predicted molar refractivity (Wildman–Crippen MR) is 105 cm³/mol. The Morgan fingerprint density at radius 1 is 1.21 bits per heavy atom. The van der Waals surface area contributed by atoms with Crippen LogP contribution in [0.4, 0.5) is 0 Å². The van der Waals surface area contributed by atoms with Gasteiger partial charge in [-0.25, -0.2) is 0 Å². The summed E-state index contributed by atoms with van der Waals surface area (Å²) in [6, 6.07) is 10.0. The summed E-state index contributed by atoms with van der Waals surface area (Å²) in [7, 11) is 0. The van der Waals surface area contributed by atoms with Gasteiger partial charge >= 0.3 is 5.97 Å². The molecule has 1 aromatic heterocycles. The van der Waals surface area contributed by atoms with Crippen molar-refractivity contribution in [3.8, 4) is 5.69 Å². The standard InChI is InChI=1S/C22H26N2O4/c1-14-6-4-5-7-19(14)24-15(2)10-18(16(24)3)20(25)23-11-17-12-28-9-8-22(17,13-23)21(26)27/h4-7,10,17H,8-9,11-13H2,1-3H3,(H,26,27)/t17-,22+/m0/s1. The molecule has 0 radical (unpaired) electrons. The summed E-state index contributed by atoms with van der Waals surface area (Å²) < 4.78 is 7.60. The zero-order chi connectivity index (χ0) is 20.1. The summed E-state index contributed by atoms with van der Waals surface area (Å²) in [5.41, 5.74) is 3.82. The number of likely N-dealkylation sites (tertiary alicyclic amines) is 1. The molecular weight excluding hydrogens is 356 g/mol. The smallest absolute Gasteiger partial charge is 0.311 e. The lowest BCUT2D eigenvalue weighted by atomic mass is 9.74. The zero-order valence-corrected chi connectivity index (χ0v) is 16.6. The number of hydrogen-bond acceptors (Lipinski definition) is 3. The number of carboxylic acid groups (broad SMARTS) is 1. The molecule has 2 aromatic rings. The lowest BCUT2D eigenvalue weighted by molar-refractivity contribution is -0.157. The van der Waals surface area contributed by atoms with Crippen molar-refractivity contribution in [2.75, 3.05) is 26.3 Å². The van der Waals surface area contributed by atoms with E-state index < -0.39 is 11.4 Å². The number of fused-ring (bicyclic) bond motifs is 1. The third-order valence-electron chi connectivity index (χ3n) is 6.44. The Hall–Kier alpha value is -2.60. The molecule has 1 amide bonds. The number of carboxylic acids is 1. The second-order valence-corrected chi connectivity index (χ2v) is 8.08. The number of ether oxygens (including phenoxy) is 1. The molecule has 0 saturated carbocycles. The van der Waals surface area contributed by atoms with Crippen LogP contribution in [0.1, 0.15) is 33.7 Å². The minimum Gasteiger partial charge on any atom is -0.481 e. The molecule has 148 valence electrons. The van der Waals surface area contributed by atoms with Gasteiger partial charge in [0.2, 0.25) is 0 Å². The van der Waals surface area contributed by atoms with E-state index in [-0.39, 0.29) is 18.4 Å². The molecule has 0 spiro atoms. The fourth-order valence-electron chi connectivity index (χ4n) is 4.79. The molecule has 0 aliphatic carbocycles. The van der Waals surface area contributed by atoms with E-state index in [1.54, 1.807) is 4.90 Å². The number of rotatable bonds is 3. The average Bonchev–Trinajstić information content (AvgIpc) is 3.21. The Labute approximate surface area is 164 Å². The Bertz CT molecular complexity index is 948. The van der Waals surface area contributed by atoms with Crippen LogP contribution >= 0.6 is 0 Å². The van der Waals surface area contributed by atoms with Crippen LogP contribution in [0.15, 0.2) is 30.3 Å². The number of aliphatic carboxylic acids is 1. The molecule has 2 fully saturated rings. The number of benzene rings is 1. The minimum atomic E-state index is -0.880. The number of aryl methyl sites for hydroxylation is 2. The van der Waals surface area contributed by atoms with Gasteiger partial charge in [0.05, 0.1) is 17.6 Å². The van der Waals surface area contributed by atoms with Crippen LogP contribution < -0.4 is 0 Å². The van der Waals surface area contributed by atoms with Gasteiger partial charge in [-0.15, -0.1) is 0 Å². The predicted octanol–water partition coefficient (Wildman–Crippen LogP) is 2.97. The molecule has 2 aliphatic rings. The van der Waals surface area contributed by atoms with Gasteiger partial charge in [0, 0.05) is 42.7 Å². The van der Waals surface area contributed by atoms with E-state index in [2.05, 4.69) is 17.6 Å². The van der Waals surface area contributed by atoms with E-state index in [1.807, 2.05) is 38.1 Å². The van der Waals surface area contributed by atoms with Crippen LogP contribution in [0.5, 0.6) is 0 Å². The third kappa shape index (κ3) is 2.75. The summed E-state index contributed by atoms with van der Waals surface area (Å²) in [5, 5.41) is 9.85. The van der Waals surface area contributed by atoms with E-state index in [4.69, 9.17) is 4.74 Å². The van der Waals surface area contributed by atoms with Crippen molar-refractivity contribution in [3.63, 3.8) is 0 Å². The van der Waals surface area contributed by atoms with Gasteiger partial charge in [0.15, 0.2) is 0 Å². The van der Waals surface area contributed by atoms with Crippen molar-refractivity contribution in [1.29, 1.82) is 0 Å². The molecule has 4 rings (SSSR count). The number of nitrogens with zero attached hydrogens (tertiary/aromatic N) is 2. The van der Waals surface area contributed by atoms with Crippen molar-refractivity contribution in [1.82, 2.24) is 9.47 Å². The topological polar surface area (TPSA) is 71.8 Å². The van der Waals surface area contributed by atoms with Crippen LogP contribution in [0.3, 0.4) is 0 Å². The molecule has 0 bridgehead atoms. The summed E-state index contributed by atoms with van der Waals surface area (Å²) >= 11 is 0. The number of para-hydroxylation sites is 1. The molecule has 6 nitrogen and oxygen atoms in total. The molecule has 2 saturated heterocycles. The fraction of sp³-hybridized carbons (Fsp3) is 0.455. The Morgan fingerprint density at radius 2 is 1.96 bits per heavy atom. The van der Waals surface area contributed by atoms with Gasteiger partial charge in [-0.1, -0.05) is 18.2 Å². The van der Waals surface area contributed by atoms with Gasteiger partial charge in [-0.05, 0) is 44.9 Å². The highest BCUT2D eigenvalue weighted by Crippen LogP contribution is 2.43. The number of aromatic nitrogens is 1. The highest BCUT2D eigenvalue weighted by Gasteiger charge is 2.55. The van der Waals surface area contributed by atoms with Gasteiger partial charge in [0.1, 0.15) is 0 Å². The quantitative estimate of drug-likeness (QED) is 0.886. The molecule has 2 aliphatic heterocycles. The summed E-state index contributed by atoms with van der Waals surface area (Å²) in [6.45, 7) is 7.52. The number of amides is 1. The highest BCUT2D eigenvalue weighted by molar-refractivity contribution is 5.97. The zero-order valence-electron chi connectivity index (χ0n) is 16.6. The Morgan fingerprint density at radius 3 is 2.64 bits per heavy atom. The molecule has 0 unspecified atom stereocenters. The first kappa shape index (κ1) is 18.7. The molecule has 6 heteroatoms. The monoisotopic (exact) mass is 382 g/mol. The van der Waals surface area contributed by atoms with Crippen LogP contribution in [0.25, 0.3) is 5.69 Å². The molecular formula is C22H26N2O4. The van der Waals surface area contributed by atoms with E-state index in [1.165, 1.54) is 0 Å². The van der Waals surface area contributed by atoms with Crippen LogP contribution in [0, 0.1) is 32.1 Å². The maximum Gasteiger partial charge on any atom is 0.311 e. The van der Waals surface area contributed by atoms with Crippen molar-refractivity contribution < 1.29 is 19.4 Å². The van der Waals surface area contributed by atoms with Gasteiger partial charge in [0.25, 0.3) is 5.91 Å². The first-order chi connectivity index (χ1) is 13.3. The normalized spacial score (nSPS) is 24.2. The van der Waals surface area contributed by atoms with Crippen LogP contribution in [0.2, 0.25) is 0 Å². The summed E-state index contributed by atoms with van der Waals surface area (Å²) in [4.78, 5) is 27.1.